The van der Waals surface area contributed by atoms with Gasteiger partial charge in [-0.15, -0.1) is 0 Å². The summed E-state index contributed by atoms with van der Waals surface area (Å²) in [6.45, 7) is 5.92. The number of aromatic nitrogens is 2. The van der Waals surface area contributed by atoms with Gasteiger partial charge in [0.15, 0.2) is 6.61 Å². The van der Waals surface area contributed by atoms with Crippen molar-refractivity contribution in [1.29, 1.82) is 0 Å². The number of anilines is 1. The Morgan fingerprint density at radius 1 is 1.17 bits per heavy atom. The van der Waals surface area contributed by atoms with E-state index in [9.17, 15) is 4.79 Å². The molecular weight excluding hydrogens is 290 g/mol. The van der Waals surface area contributed by atoms with E-state index in [-0.39, 0.29) is 12.5 Å². The summed E-state index contributed by atoms with van der Waals surface area (Å²) in [6.07, 6.45) is 0. The summed E-state index contributed by atoms with van der Waals surface area (Å²) in [4.78, 5) is 19.5. The molecule has 3 aromatic rings. The lowest BCUT2D eigenvalue weighted by atomic mass is 10.1. The van der Waals surface area contributed by atoms with E-state index in [2.05, 4.69) is 21.4 Å². The number of aromatic amines is 1. The molecule has 0 spiro atoms. The summed E-state index contributed by atoms with van der Waals surface area (Å²) in [5.74, 6) is 0.877. The molecule has 118 valence electrons. The van der Waals surface area contributed by atoms with Crippen molar-refractivity contribution < 1.29 is 9.53 Å². The van der Waals surface area contributed by atoms with Crippen LogP contribution in [0.5, 0.6) is 5.75 Å². The van der Waals surface area contributed by atoms with Crippen LogP contribution in [0, 0.1) is 20.8 Å². The second-order valence-electron chi connectivity index (χ2n) is 5.72. The van der Waals surface area contributed by atoms with Gasteiger partial charge in [-0.2, -0.15) is 0 Å². The third-order valence-corrected chi connectivity index (χ3v) is 3.54. The molecule has 0 fully saturated rings. The molecule has 0 radical (unpaired) electrons. The lowest BCUT2D eigenvalue weighted by Gasteiger charge is -2.07. The van der Waals surface area contributed by atoms with Gasteiger partial charge >= 0.3 is 0 Å². The standard InChI is InChI=1S/C18H19N3O2/c1-11-7-12(2)9-14(8-11)23-10-16(22)20-18-19-15-6-4-5-13(3)17(15)21-18/h4-9H,10H2,1-3H3,(H2,19,20,21,22). The highest BCUT2D eigenvalue weighted by molar-refractivity contribution is 5.92. The highest BCUT2D eigenvalue weighted by atomic mass is 16.5. The quantitative estimate of drug-likeness (QED) is 0.775. The fraction of sp³-hybridized carbons (Fsp3) is 0.222. The Morgan fingerprint density at radius 2 is 1.91 bits per heavy atom. The van der Waals surface area contributed by atoms with Crippen LogP contribution in [0.3, 0.4) is 0 Å². The second kappa shape index (κ2) is 6.12. The molecule has 3 rings (SSSR count). The average molecular weight is 309 g/mol. The fourth-order valence-corrected chi connectivity index (χ4v) is 2.57. The normalized spacial score (nSPS) is 10.7. The maximum atomic E-state index is 12.0. The third-order valence-electron chi connectivity index (χ3n) is 3.54. The van der Waals surface area contributed by atoms with Gasteiger partial charge in [-0.05, 0) is 55.7 Å². The molecule has 5 heteroatoms. The number of hydrogen-bond acceptors (Lipinski definition) is 3. The van der Waals surface area contributed by atoms with Gasteiger partial charge in [-0.3, -0.25) is 10.1 Å². The van der Waals surface area contributed by atoms with Crippen molar-refractivity contribution >= 4 is 22.9 Å². The first-order chi connectivity index (χ1) is 11.0. The van der Waals surface area contributed by atoms with E-state index in [1.165, 1.54) is 0 Å². The first-order valence-electron chi connectivity index (χ1n) is 7.47. The lowest BCUT2D eigenvalue weighted by Crippen LogP contribution is -2.20. The summed E-state index contributed by atoms with van der Waals surface area (Å²) in [7, 11) is 0. The van der Waals surface area contributed by atoms with Crippen LogP contribution < -0.4 is 10.1 Å². The summed E-state index contributed by atoms with van der Waals surface area (Å²) in [6, 6.07) is 11.7. The molecule has 0 saturated heterocycles. The zero-order valence-electron chi connectivity index (χ0n) is 13.4. The van der Waals surface area contributed by atoms with E-state index in [0.29, 0.717) is 11.7 Å². The second-order valence-corrected chi connectivity index (χ2v) is 5.72. The molecule has 1 amide bonds. The third kappa shape index (κ3) is 3.51. The highest BCUT2D eigenvalue weighted by Gasteiger charge is 2.09. The molecule has 0 aliphatic rings. The van der Waals surface area contributed by atoms with Gasteiger partial charge in [-0.1, -0.05) is 18.2 Å². The number of H-pyrrole nitrogens is 1. The van der Waals surface area contributed by atoms with Crippen LogP contribution in [0.1, 0.15) is 16.7 Å². The zero-order chi connectivity index (χ0) is 16.4. The number of carbonyl (C=O) groups excluding carboxylic acids is 1. The summed E-state index contributed by atoms with van der Waals surface area (Å²) in [5.41, 5.74) is 5.03. The Kier molecular flexibility index (Phi) is 4.02. The van der Waals surface area contributed by atoms with Gasteiger partial charge < -0.3 is 9.72 Å². The van der Waals surface area contributed by atoms with Crippen molar-refractivity contribution in [3.63, 3.8) is 0 Å². The van der Waals surface area contributed by atoms with Crippen LogP contribution in [-0.2, 0) is 4.79 Å². The molecule has 2 aromatic carbocycles. The minimum Gasteiger partial charge on any atom is -0.484 e. The molecule has 0 aliphatic heterocycles. The van der Waals surface area contributed by atoms with Gasteiger partial charge in [0.2, 0.25) is 5.95 Å². The number of fused-ring (bicyclic) bond motifs is 1. The Balaban J connectivity index is 1.65. The SMILES string of the molecule is Cc1cc(C)cc(OCC(=O)Nc2nc3c(C)cccc3[nH]2)c1. The first-order valence-corrected chi connectivity index (χ1v) is 7.47. The Labute approximate surface area is 134 Å². The number of amides is 1. The predicted molar refractivity (Wildman–Crippen MR) is 90.9 cm³/mol. The van der Waals surface area contributed by atoms with Crippen LogP contribution in [0.2, 0.25) is 0 Å². The summed E-state index contributed by atoms with van der Waals surface area (Å²) >= 11 is 0. The van der Waals surface area contributed by atoms with Gasteiger partial charge in [0.1, 0.15) is 5.75 Å². The van der Waals surface area contributed by atoms with Crippen molar-refractivity contribution in [2.24, 2.45) is 0 Å². The Bertz CT molecular complexity index is 848. The smallest absolute Gasteiger partial charge is 0.264 e. The minimum atomic E-state index is -0.249. The van der Waals surface area contributed by atoms with Gasteiger partial charge in [0.25, 0.3) is 5.91 Å². The van der Waals surface area contributed by atoms with Crippen molar-refractivity contribution in [2.45, 2.75) is 20.8 Å². The molecule has 1 heterocycles. The van der Waals surface area contributed by atoms with Gasteiger partial charge in [0.05, 0.1) is 11.0 Å². The van der Waals surface area contributed by atoms with Crippen LogP contribution in [-0.4, -0.2) is 22.5 Å². The van der Waals surface area contributed by atoms with E-state index >= 15 is 0 Å². The molecule has 0 atom stereocenters. The number of nitrogens with one attached hydrogen (secondary N) is 2. The van der Waals surface area contributed by atoms with E-state index in [0.717, 1.165) is 27.7 Å². The topological polar surface area (TPSA) is 67.0 Å². The number of para-hydroxylation sites is 1. The Morgan fingerprint density at radius 3 is 2.61 bits per heavy atom. The predicted octanol–water partition coefficient (Wildman–Crippen LogP) is 3.51. The zero-order valence-corrected chi connectivity index (χ0v) is 13.4. The summed E-state index contributed by atoms with van der Waals surface area (Å²) < 4.78 is 5.55. The molecule has 0 aliphatic carbocycles. The number of ether oxygens (including phenoxy) is 1. The first kappa shape index (κ1) is 15.1. The van der Waals surface area contributed by atoms with E-state index in [4.69, 9.17) is 4.74 Å². The van der Waals surface area contributed by atoms with E-state index in [1.54, 1.807) is 0 Å². The number of nitrogens with zero attached hydrogens (tertiary/aromatic N) is 1. The molecule has 0 bridgehead atoms. The molecule has 23 heavy (non-hydrogen) atoms. The van der Waals surface area contributed by atoms with Crippen LogP contribution in [0.4, 0.5) is 5.95 Å². The number of imidazole rings is 1. The molecule has 2 N–H and O–H groups in total. The molecule has 1 aromatic heterocycles. The highest BCUT2D eigenvalue weighted by Crippen LogP contribution is 2.18. The van der Waals surface area contributed by atoms with Crippen LogP contribution >= 0.6 is 0 Å². The monoisotopic (exact) mass is 309 g/mol. The van der Waals surface area contributed by atoms with Gasteiger partial charge in [0, 0.05) is 0 Å². The lowest BCUT2D eigenvalue weighted by molar-refractivity contribution is -0.118. The maximum absolute atomic E-state index is 12.0. The molecule has 0 unspecified atom stereocenters. The fourth-order valence-electron chi connectivity index (χ4n) is 2.57. The van der Waals surface area contributed by atoms with Crippen molar-refractivity contribution in [1.82, 2.24) is 9.97 Å². The number of hydrogen-bond donors (Lipinski definition) is 2. The van der Waals surface area contributed by atoms with Crippen molar-refractivity contribution in [3.8, 4) is 5.75 Å². The average Bonchev–Trinajstić information content (AvgIpc) is 2.88. The number of rotatable bonds is 4. The number of aryl methyl sites for hydroxylation is 3. The summed E-state index contributed by atoms with van der Waals surface area (Å²) in [5, 5.41) is 2.73. The molecule has 5 nitrogen and oxygen atoms in total. The number of carbonyl (C=O) groups is 1. The van der Waals surface area contributed by atoms with Crippen molar-refractivity contribution in [2.75, 3.05) is 11.9 Å². The van der Waals surface area contributed by atoms with Crippen LogP contribution in [0.15, 0.2) is 36.4 Å². The van der Waals surface area contributed by atoms with Crippen LogP contribution in [0.25, 0.3) is 11.0 Å². The largest absolute Gasteiger partial charge is 0.484 e. The van der Waals surface area contributed by atoms with Crippen molar-refractivity contribution in [3.05, 3.63) is 53.1 Å². The maximum Gasteiger partial charge on any atom is 0.264 e. The Hall–Kier alpha value is -2.82. The van der Waals surface area contributed by atoms with Gasteiger partial charge in [-0.25, -0.2) is 4.98 Å². The number of benzene rings is 2. The minimum absolute atomic E-state index is 0.0566. The van der Waals surface area contributed by atoms with E-state index in [1.807, 2.05) is 51.1 Å². The molecular formula is C18H19N3O2. The molecule has 0 saturated carbocycles. The van der Waals surface area contributed by atoms with E-state index < -0.39 is 0 Å².